The fraction of sp³-hybridized carbons (Fsp3) is 0.333. The molecule has 0 fully saturated rings. The minimum atomic E-state index is -0.320. The Morgan fingerprint density at radius 3 is 2.55 bits per heavy atom. The third kappa shape index (κ3) is 3.08. The summed E-state index contributed by atoms with van der Waals surface area (Å²) in [5, 5.41) is 5.08. The van der Waals surface area contributed by atoms with E-state index in [0.29, 0.717) is 17.1 Å². The van der Waals surface area contributed by atoms with Crippen LogP contribution < -0.4 is 11.3 Å². The zero-order chi connectivity index (χ0) is 14.7. The van der Waals surface area contributed by atoms with E-state index in [1.54, 1.807) is 25.1 Å². The predicted octanol–water partition coefficient (Wildman–Crippen LogP) is 2.99. The first-order valence-electron chi connectivity index (χ1n) is 6.66. The maximum absolute atomic E-state index is 12.2. The highest BCUT2D eigenvalue weighted by molar-refractivity contribution is 6.30. The number of aryl methyl sites for hydroxylation is 1. The van der Waals surface area contributed by atoms with Gasteiger partial charge in [0.05, 0.1) is 5.69 Å². The van der Waals surface area contributed by atoms with E-state index < -0.39 is 0 Å². The Labute approximate surface area is 123 Å². The van der Waals surface area contributed by atoms with E-state index >= 15 is 0 Å². The molecule has 2 aromatic rings. The molecule has 2 rings (SSSR count). The van der Waals surface area contributed by atoms with E-state index in [0.717, 1.165) is 17.7 Å². The van der Waals surface area contributed by atoms with Crippen molar-refractivity contribution in [2.24, 2.45) is 5.73 Å². The van der Waals surface area contributed by atoms with E-state index in [1.165, 1.54) is 4.68 Å². The SMILES string of the molecule is CCCn1nc(-c2ccc(Cl)cc2)cc(C(C)N)c1=O. The van der Waals surface area contributed by atoms with Gasteiger partial charge >= 0.3 is 0 Å². The van der Waals surface area contributed by atoms with E-state index in [-0.39, 0.29) is 11.6 Å². The van der Waals surface area contributed by atoms with Crippen LogP contribution in [0, 0.1) is 0 Å². The summed E-state index contributed by atoms with van der Waals surface area (Å²) in [6.45, 7) is 4.40. The van der Waals surface area contributed by atoms with Crippen LogP contribution in [0.15, 0.2) is 35.1 Å². The molecule has 0 bridgehead atoms. The lowest BCUT2D eigenvalue weighted by atomic mass is 10.1. The minimum Gasteiger partial charge on any atom is -0.324 e. The molecule has 0 aliphatic heterocycles. The molecular weight excluding hydrogens is 274 g/mol. The highest BCUT2D eigenvalue weighted by Gasteiger charge is 2.12. The quantitative estimate of drug-likeness (QED) is 0.942. The second kappa shape index (κ2) is 6.20. The van der Waals surface area contributed by atoms with Crippen LogP contribution in [0.5, 0.6) is 0 Å². The summed E-state index contributed by atoms with van der Waals surface area (Å²) < 4.78 is 1.49. The molecule has 2 N–H and O–H groups in total. The van der Waals surface area contributed by atoms with Gasteiger partial charge in [0.2, 0.25) is 0 Å². The second-order valence-corrected chi connectivity index (χ2v) is 5.25. The van der Waals surface area contributed by atoms with Crippen LogP contribution in [0.2, 0.25) is 5.02 Å². The number of halogens is 1. The summed E-state index contributed by atoms with van der Waals surface area (Å²) in [6, 6.07) is 8.83. The lowest BCUT2D eigenvalue weighted by Crippen LogP contribution is -2.29. The third-order valence-electron chi connectivity index (χ3n) is 3.07. The summed E-state index contributed by atoms with van der Waals surface area (Å²) in [6.07, 6.45) is 0.843. The summed E-state index contributed by atoms with van der Waals surface area (Å²) >= 11 is 5.89. The van der Waals surface area contributed by atoms with Gasteiger partial charge in [0.25, 0.3) is 5.56 Å². The van der Waals surface area contributed by atoms with Crippen molar-refractivity contribution in [1.29, 1.82) is 0 Å². The van der Waals surface area contributed by atoms with E-state index in [1.807, 2.05) is 19.1 Å². The average Bonchev–Trinajstić information content (AvgIpc) is 2.42. The van der Waals surface area contributed by atoms with Crippen molar-refractivity contribution in [3.8, 4) is 11.3 Å². The summed E-state index contributed by atoms with van der Waals surface area (Å²) in [5.41, 5.74) is 8.01. The number of nitrogens with two attached hydrogens (primary N) is 1. The zero-order valence-corrected chi connectivity index (χ0v) is 12.4. The Hall–Kier alpha value is -1.65. The Bertz CT molecular complexity index is 647. The first-order chi connectivity index (χ1) is 9.52. The molecular formula is C15H18ClN3O. The zero-order valence-electron chi connectivity index (χ0n) is 11.6. The first kappa shape index (κ1) is 14.8. The van der Waals surface area contributed by atoms with Gasteiger partial charge in [-0.1, -0.05) is 30.7 Å². The number of nitrogens with zero attached hydrogens (tertiary/aromatic N) is 2. The van der Waals surface area contributed by atoms with Crippen LogP contribution in [0.3, 0.4) is 0 Å². The van der Waals surface area contributed by atoms with E-state index in [2.05, 4.69) is 5.10 Å². The van der Waals surface area contributed by atoms with Crippen molar-refractivity contribution < 1.29 is 0 Å². The largest absolute Gasteiger partial charge is 0.324 e. The van der Waals surface area contributed by atoms with Gasteiger partial charge in [-0.05, 0) is 31.5 Å². The third-order valence-corrected chi connectivity index (χ3v) is 3.32. The molecule has 0 spiro atoms. The van der Waals surface area contributed by atoms with Crippen LogP contribution in [-0.4, -0.2) is 9.78 Å². The van der Waals surface area contributed by atoms with Gasteiger partial charge in [-0.3, -0.25) is 4.79 Å². The van der Waals surface area contributed by atoms with Gasteiger partial charge in [-0.25, -0.2) is 4.68 Å². The van der Waals surface area contributed by atoms with Crippen LogP contribution in [0.1, 0.15) is 31.9 Å². The molecule has 1 unspecified atom stereocenters. The minimum absolute atomic E-state index is 0.112. The number of benzene rings is 1. The molecule has 0 aliphatic carbocycles. The lowest BCUT2D eigenvalue weighted by Gasteiger charge is -2.12. The highest BCUT2D eigenvalue weighted by atomic mass is 35.5. The fourth-order valence-corrected chi connectivity index (χ4v) is 2.14. The van der Waals surface area contributed by atoms with Gasteiger partial charge in [-0.15, -0.1) is 0 Å². The molecule has 1 atom stereocenters. The van der Waals surface area contributed by atoms with Crippen LogP contribution in [0.4, 0.5) is 0 Å². The highest BCUT2D eigenvalue weighted by Crippen LogP contribution is 2.20. The molecule has 0 radical (unpaired) electrons. The van der Waals surface area contributed by atoms with Crippen molar-refractivity contribution in [3.05, 3.63) is 51.3 Å². The summed E-state index contributed by atoms with van der Waals surface area (Å²) in [7, 11) is 0. The van der Waals surface area contributed by atoms with E-state index in [9.17, 15) is 4.79 Å². The molecule has 5 heteroatoms. The maximum atomic E-state index is 12.2. The smallest absolute Gasteiger partial charge is 0.271 e. The Balaban J connectivity index is 2.58. The fourth-order valence-electron chi connectivity index (χ4n) is 2.01. The van der Waals surface area contributed by atoms with Crippen LogP contribution >= 0.6 is 11.6 Å². The topological polar surface area (TPSA) is 60.9 Å². The molecule has 0 saturated heterocycles. The van der Waals surface area contributed by atoms with Gasteiger partial charge in [0.15, 0.2) is 0 Å². The Morgan fingerprint density at radius 1 is 1.35 bits per heavy atom. The second-order valence-electron chi connectivity index (χ2n) is 4.81. The standard InChI is InChI=1S/C15H18ClN3O/c1-3-8-19-15(20)13(10(2)17)9-14(18-19)11-4-6-12(16)7-5-11/h4-7,9-10H,3,8,17H2,1-2H3. The lowest BCUT2D eigenvalue weighted by molar-refractivity contribution is 0.559. The molecule has 20 heavy (non-hydrogen) atoms. The Morgan fingerprint density at radius 2 is 2.00 bits per heavy atom. The maximum Gasteiger partial charge on any atom is 0.271 e. The number of aromatic nitrogens is 2. The molecule has 1 aromatic heterocycles. The Kier molecular flexibility index (Phi) is 4.57. The van der Waals surface area contributed by atoms with Gasteiger partial charge < -0.3 is 5.73 Å². The number of hydrogen-bond acceptors (Lipinski definition) is 3. The van der Waals surface area contributed by atoms with Crippen molar-refractivity contribution in [3.63, 3.8) is 0 Å². The van der Waals surface area contributed by atoms with Crippen molar-refractivity contribution in [2.45, 2.75) is 32.9 Å². The number of hydrogen-bond donors (Lipinski definition) is 1. The van der Waals surface area contributed by atoms with Crippen molar-refractivity contribution in [2.75, 3.05) is 0 Å². The first-order valence-corrected chi connectivity index (χ1v) is 7.04. The van der Waals surface area contributed by atoms with Crippen LogP contribution in [-0.2, 0) is 6.54 Å². The van der Waals surface area contributed by atoms with E-state index in [4.69, 9.17) is 17.3 Å². The number of rotatable bonds is 4. The van der Waals surface area contributed by atoms with Gasteiger partial charge in [0, 0.05) is 28.7 Å². The monoisotopic (exact) mass is 291 g/mol. The predicted molar refractivity (Wildman–Crippen MR) is 81.8 cm³/mol. The van der Waals surface area contributed by atoms with Gasteiger partial charge in [-0.2, -0.15) is 5.10 Å². The average molecular weight is 292 g/mol. The summed E-state index contributed by atoms with van der Waals surface area (Å²) in [4.78, 5) is 12.2. The molecule has 4 nitrogen and oxygen atoms in total. The van der Waals surface area contributed by atoms with Crippen molar-refractivity contribution in [1.82, 2.24) is 9.78 Å². The molecule has 0 aliphatic rings. The molecule has 106 valence electrons. The molecule has 1 heterocycles. The summed E-state index contributed by atoms with van der Waals surface area (Å²) in [5.74, 6) is 0. The molecule has 0 saturated carbocycles. The van der Waals surface area contributed by atoms with Gasteiger partial charge in [0.1, 0.15) is 0 Å². The van der Waals surface area contributed by atoms with Crippen molar-refractivity contribution >= 4 is 11.6 Å². The molecule has 1 aromatic carbocycles. The molecule has 0 amide bonds. The normalized spacial score (nSPS) is 12.4. The van der Waals surface area contributed by atoms with Crippen LogP contribution in [0.25, 0.3) is 11.3 Å².